The Bertz CT molecular complexity index is 578. The van der Waals surface area contributed by atoms with E-state index in [9.17, 15) is 4.39 Å². The molecule has 2 N–H and O–H groups in total. The Labute approximate surface area is 185 Å². The molecule has 3 unspecified atom stereocenters. The molecule has 160 valence electrons. The average molecular weight is 508 g/mol. The second kappa shape index (κ2) is 13.2. The number of guanidine groups is 1. The quantitative estimate of drug-likeness (QED) is 0.245. The number of nitrogens with one attached hydrogen (secondary N) is 2. The summed E-state index contributed by atoms with van der Waals surface area (Å²) in [5.41, 5.74) is 0. The zero-order valence-electron chi connectivity index (χ0n) is 17.3. The second-order valence-electron chi connectivity index (χ2n) is 7.13. The Morgan fingerprint density at radius 3 is 2.50 bits per heavy atom. The maximum atomic E-state index is 12.9. The van der Waals surface area contributed by atoms with E-state index in [4.69, 9.17) is 9.47 Å². The minimum Gasteiger partial charge on any atom is -0.489 e. The first-order valence-electron chi connectivity index (χ1n) is 9.70. The summed E-state index contributed by atoms with van der Waals surface area (Å²) in [4.78, 5) is 6.70. The summed E-state index contributed by atoms with van der Waals surface area (Å²) >= 11 is 0. The molecule has 0 aliphatic carbocycles. The molecule has 1 fully saturated rings. The maximum absolute atomic E-state index is 12.9. The molecule has 1 aliphatic rings. The summed E-state index contributed by atoms with van der Waals surface area (Å²) in [5, 5.41) is 6.59. The molecule has 0 bridgehead atoms. The number of rotatable bonds is 8. The van der Waals surface area contributed by atoms with Gasteiger partial charge in [-0.1, -0.05) is 0 Å². The zero-order chi connectivity index (χ0) is 19.6. The number of benzene rings is 1. The van der Waals surface area contributed by atoms with Crippen LogP contribution in [0.3, 0.4) is 0 Å². The van der Waals surface area contributed by atoms with Gasteiger partial charge in [0.25, 0.3) is 0 Å². The zero-order valence-corrected chi connectivity index (χ0v) is 19.6. The fourth-order valence-electron chi connectivity index (χ4n) is 3.22. The van der Waals surface area contributed by atoms with Gasteiger partial charge in [-0.15, -0.1) is 24.0 Å². The lowest BCUT2D eigenvalue weighted by Crippen LogP contribution is -2.46. The largest absolute Gasteiger partial charge is 0.489 e. The lowest BCUT2D eigenvalue weighted by atomic mass is 10.2. The van der Waals surface area contributed by atoms with Crippen LogP contribution in [0.1, 0.15) is 27.2 Å². The van der Waals surface area contributed by atoms with E-state index in [0.717, 1.165) is 38.6 Å². The molecule has 2 rings (SSSR count). The minimum absolute atomic E-state index is 0. The molecule has 8 heteroatoms. The summed E-state index contributed by atoms with van der Waals surface area (Å²) in [6.07, 6.45) is 1.59. The summed E-state index contributed by atoms with van der Waals surface area (Å²) in [6, 6.07) is 6.05. The Morgan fingerprint density at radius 1 is 1.25 bits per heavy atom. The fraction of sp³-hybridized carbons (Fsp3) is 0.650. The normalized spacial score (nSPS) is 21.5. The van der Waals surface area contributed by atoms with E-state index >= 15 is 0 Å². The molecule has 6 nitrogen and oxygen atoms in total. The van der Waals surface area contributed by atoms with Crippen molar-refractivity contribution >= 4 is 29.9 Å². The molecular weight excluding hydrogens is 474 g/mol. The van der Waals surface area contributed by atoms with Crippen molar-refractivity contribution < 1.29 is 13.9 Å². The van der Waals surface area contributed by atoms with Gasteiger partial charge in [-0.05, 0) is 51.5 Å². The van der Waals surface area contributed by atoms with Crippen LogP contribution < -0.4 is 15.4 Å². The van der Waals surface area contributed by atoms with Crippen molar-refractivity contribution in [1.29, 1.82) is 0 Å². The van der Waals surface area contributed by atoms with Crippen molar-refractivity contribution in [3.05, 3.63) is 30.1 Å². The predicted molar refractivity (Wildman–Crippen MR) is 122 cm³/mol. The third-order valence-electron chi connectivity index (χ3n) is 4.37. The lowest BCUT2D eigenvalue weighted by Gasteiger charge is -2.35. The Balaban J connectivity index is 0.00000392. The standard InChI is InChI=1S/C20H33FN4O2.HI/c1-15(27-19-8-6-18(21)7-9-19)12-24-20(22-4)23-10-5-11-25-13-16(2)26-17(3)14-25;/h6-9,15-17H,5,10-14H2,1-4H3,(H2,22,23,24);1H. The van der Waals surface area contributed by atoms with Gasteiger partial charge in [-0.3, -0.25) is 9.89 Å². The predicted octanol–water partition coefficient (Wildman–Crippen LogP) is 2.88. The smallest absolute Gasteiger partial charge is 0.191 e. The van der Waals surface area contributed by atoms with Crippen LogP contribution in [0.15, 0.2) is 29.3 Å². The third-order valence-corrected chi connectivity index (χ3v) is 4.37. The van der Waals surface area contributed by atoms with Crippen LogP contribution >= 0.6 is 24.0 Å². The molecule has 1 aliphatic heterocycles. The summed E-state index contributed by atoms with van der Waals surface area (Å²) < 4.78 is 24.5. The molecule has 1 aromatic carbocycles. The van der Waals surface area contributed by atoms with E-state index in [1.165, 1.54) is 12.1 Å². The molecule has 0 amide bonds. The van der Waals surface area contributed by atoms with E-state index in [1.54, 1.807) is 19.2 Å². The first-order valence-corrected chi connectivity index (χ1v) is 9.70. The highest BCUT2D eigenvalue weighted by Crippen LogP contribution is 2.13. The fourth-order valence-corrected chi connectivity index (χ4v) is 3.22. The summed E-state index contributed by atoms with van der Waals surface area (Å²) in [6.45, 7) is 10.7. The van der Waals surface area contributed by atoms with Gasteiger partial charge in [0.05, 0.1) is 18.8 Å². The van der Waals surface area contributed by atoms with Crippen molar-refractivity contribution in [3.63, 3.8) is 0 Å². The number of nitrogens with zero attached hydrogens (tertiary/aromatic N) is 2. The van der Waals surface area contributed by atoms with Crippen LogP contribution in [0.4, 0.5) is 4.39 Å². The molecule has 0 aromatic heterocycles. The molecule has 1 heterocycles. The maximum Gasteiger partial charge on any atom is 0.191 e. The van der Waals surface area contributed by atoms with Crippen LogP contribution in [0, 0.1) is 5.82 Å². The Morgan fingerprint density at radius 2 is 1.89 bits per heavy atom. The van der Waals surface area contributed by atoms with Crippen molar-refractivity contribution in [2.45, 2.75) is 45.5 Å². The number of morpholine rings is 1. The van der Waals surface area contributed by atoms with Gasteiger partial charge in [0, 0.05) is 33.2 Å². The Kier molecular flexibility index (Phi) is 11.7. The molecular formula is C20H34FIN4O2. The van der Waals surface area contributed by atoms with E-state index in [2.05, 4.69) is 34.4 Å². The van der Waals surface area contributed by atoms with Gasteiger partial charge in [0.1, 0.15) is 17.7 Å². The second-order valence-corrected chi connectivity index (χ2v) is 7.13. The van der Waals surface area contributed by atoms with Gasteiger partial charge in [-0.25, -0.2) is 4.39 Å². The highest BCUT2D eigenvalue weighted by atomic mass is 127. The molecule has 3 atom stereocenters. The van der Waals surface area contributed by atoms with Crippen LogP contribution in [0.2, 0.25) is 0 Å². The monoisotopic (exact) mass is 508 g/mol. The van der Waals surface area contributed by atoms with Gasteiger partial charge < -0.3 is 20.1 Å². The van der Waals surface area contributed by atoms with Gasteiger partial charge in [-0.2, -0.15) is 0 Å². The van der Waals surface area contributed by atoms with Crippen molar-refractivity contribution in [3.8, 4) is 5.75 Å². The molecule has 0 radical (unpaired) electrons. The topological polar surface area (TPSA) is 58.1 Å². The molecule has 1 aromatic rings. The highest BCUT2D eigenvalue weighted by Gasteiger charge is 2.21. The van der Waals surface area contributed by atoms with Gasteiger partial charge >= 0.3 is 0 Å². The number of aliphatic imine (C=N–C) groups is 1. The van der Waals surface area contributed by atoms with E-state index < -0.39 is 0 Å². The van der Waals surface area contributed by atoms with Gasteiger partial charge in [0.2, 0.25) is 0 Å². The number of hydrogen-bond donors (Lipinski definition) is 2. The molecule has 1 saturated heterocycles. The summed E-state index contributed by atoms with van der Waals surface area (Å²) in [5.74, 6) is 1.15. The average Bonchev–Trinajstić information content (AvgIpc) is 2.62. The number of halogens is 2. The van der Waals surface area contributed by atoms with Crippen LogP contribution in [0.5, 0.6) is 5.75 Å². The molecule has 0 spiro atoms. The van der Waals surface area contributed by atoms with E-state index in [0.29, 0.717) is 24.5 Å². The van der Waals surface area contributed by atoms with Crippen LogP contribution in [-0.4, -0.2) is 68.9 Å². The summed E-state index contributed by atoms with van der Waals surface area (Å²) in [7, 11) is 1.76. The third kappa shape index (κ3) is 9.38. The van der Waals surface area contributed by atoms with Crippen molar-refractivity contribution in [2.24, 2.45) is 4.99 Å². The van der Waals surface area contributed by atoms with Crippen LogP contribution in [-0.2, 0) is 4.74 Å². The number of ether oxygens (including phenoxy) is 2. The minimum atomic E-state index is -0.265. The van der Waals surface area contributed by atoms with Crippen molar-refractivity contribution in [1.82, 2.24) is 15.5 Å². The first-order chi connectivity index (χ1) is 13.0. The van der Waals surface area contributed by atoms with Crippen LogP contribution in [0.25, 0.3) is 0 Å². The Hall–Kier alpha value is -1.13. The SMILES string of the molecule is CN=C(NCCCN1CC(C)OC(C)C1)NCC(C)Oc1ccc(F)cc1.I. The molecule has 28 heavy (non-hydrogen) atoms. The highest BCUT2D eigenvalue weighted by molar-refractivity contribution is 14.0. The van der Waals surface area contributed by atoms with E-state index in [1.807, 2.05) is 6.92 Å². The number of hydrogen-bond acceptors (Lipinski definition) is 4. The van der Waals surface area contributed by atoms with Crippen molar-refractivity contribution in [2.75, 3.05) is 39.8 Å². The van der Waals surface area contributed by atoms with Gasteiger partial charge in [0.15, 0.2) is 5.96 Å². The van der Waals surface area contributed by atoms with E-state index in [-0.39, 0.29) is 35.9 Å². The molecule has 0 saturated carbocycles. The first kappa shape index (κ1) is 24.9. The lowest BCUT2D eigenvalue weighted by molar-refractivity contribution is -0.0679.